The van der Waals surface area contributed by atoms with Gasteiger partial charge in [0.2, 0.25) is 0 Å². The summed E-state index contributed by atoms with van der Waals surface area (Å²) in [7, 11) is 4.33. The summed E-state index contributed by atoms with van der Waals surface area (Å²) >= 11 is 2.95. The highest BCUT2D eigenvalue weighted by molar-refractivity contribution is 7.98. The minimum atomic E-state index is -0.490. The van der Waals surface area contributed by atoms with Crippen LogP contribution in [0.25, 0.3) is 10.2 Å². The predicted octanol–water partition coefficient (Wildman–Crippen LogP) is 3.36. The molecule has 1 heterocycles. The van der Waals surface area contributed by atoms with Crippen LogP contribution in [0.4, 0.5) is 0 Å². The van der Waals surface area contributed by atoms with E-state index in [4.69, 9.17) is 14.2 Å². The molecule has 3 aromatic rings. The van der Waals surface area contributed by atoms with E-state index in [0.29, 0.717) is 16.3 Å². The number of carbonyl (C=O) groups excluding carboxylic acids is 2. The van der Waals surface area contributed by atoms with Crippen LogP contribution < -0.4 is 14.3 Å². The van der Waals surface area contributed by atoms with Crippen molar-refractivity contribution in [1.29, 1.82) is 0 Å². The topological polar surface area (TPSA) is 79.1 Å². The van der Waals surface area contributed by atoms with Crippen molar-refractivity contribution in [2.45, 2.75) is 11.4 Å². The highest BCUT2D eigenvalue weighted by Gasteiger charge is 2.16. The van der Waals surface area contributed by atoms with Gasteiger partial charge in [0, 0.05) is 4.90 Å². The molecule has 152 valence electrons. The summed E-state index contributed by atoms with van der Waals surface area (Å²) < 4.78 is 17.9. The second kappa shape index (κ2) is 9.15. The molecule has 0 bridgehead atoms. The van der Waals surface area contributed by atoms with Crippen molar-refractivity contribution >= 4 is 45.2 Å². The fraction of sp³-hybridized carbons (Fsp3) is 0.250. The van der Waals surface area contributed by atoms with Crippen molar-refractivity contribution in [3.8, 4) is 11.5 Å². The van der Waals surface area contributed by atoms with Crippen LogP contribution in [0.5, 0.6) is 11.5 Å². The van der Waals surface area contributed by atoms with E-state index in [1.807, 2.05) is 24.5 Å². The van der Waals surface area contributed by atoms with Crippen LogP contribution >= 0.6 is 23.1 Å². The molecule has 0 aliphatic rings. The lowest BCUT2D eigenvalue weighted by atomic mass is 10.2. The Morgan fingerprint density at radius 2 is 1.90 bits per heavy atom. The van der Waals surface area contributed by atoms with E-state index in [9.17, 15) is 9.59 Å². The molecule has 1 amide bonds. The number of carbonyl (C=O) groups is 2. The molecule has 0 aliphatic heterocycles. The number of rotatable bonds is 6. The van der Waals surface area contributed by atoms with E-state index in [2.05, 4.69) is 4.99 Å². The minimum Gasteiger partial charge on any atom is -0.497 e. The van der Waals surface area contributed by atoms with Crippen molar-refractivity contribution in [2.75, 3.05) is 27.6 Å². The van der Waals surface area contributed by atoms with Gasteiger partial charge in [-0.05, 0) is 42.7 Å². The molecule has 3 rings (SSSR count). The number of thiazole rings is 1. The van der Waals surface area contributed by atoms with Crippen LogP contribution in [0.2, 0.25) is 0 Å². The van der Waals surface area contributed by atoms with Crippen LogP contribution in [0.1, 0.15) is 10.4 Å². The molecular weight excluding hydrogens is 412 g/mol. The van der Waals surface area contributed by atoms with Gasteiger partial charge in [-0.15, -0.1) is 11.8 Å². The minimum absolute atomic E-state index is 0.0452. The Hall–Kier alpha value is -2.78. The van der Waals surface area contributed by atoms with Gasteiger partial charge in [0.1, 0.15) is 18.0 Å². The third-order valence-corrected chi connectivity index (χ3v) is 6.01. The number of ether oxygens (including phenoxy) is 3. The van der Waals surface area contributed by atoms with Gasteiger partial charge < -0.3 is 18.8 Å². The lowest BCUT2D eigenvalue weighted by molar-refractivity contribution is -0.141. The molecule has 0 radical (unpaired) electrons. The van der Waals surface area contributed by atoms with E-state index in [1.54, 1.807) is 34.5 Å². The number of benzene rings is 2. The zero-order valence-electron chi connectivity index (χ0n) is 16.4. The number of thioether (sulfide) groups is 1. The third-order valence-electron chi connectivity index (χ3n) is 4.24. The quantitative estimate of drug-likeness (QED) is 0.439. The summed E-state index contributed by atoms with van der Waals surface area (Å²) in [5.74, 6) is 0.0000959. The molecule has 29 heavy (non-hydrogen) atoms. The van der Waals surface area contributed by atoms with E-state index in [1.165, 1.54) is 32.7 Å². The zero-order valence-corrected chi connectivity index (χ0v) is 18.1. The molecule has 0 aliphatic carbocycles. The number of esters is 1. The molecule has 9 heteroatoms. The number of hydrogen-bond acceptors (Lipinski definition) is 7. The van der Waals surface area contributed by atoms with Crippen molar-refractivity contribution in [3.05, 3.63) is 46.8 Å². The summed E-state index contributed by atoms with van der Waals surface area (Å²) in [5, 5.41) is 0. The maximum absolute atomic E-state index is 12.9. The fourth-order valence-electron chi connectivity index (χ4n) is 2.74. The number of aromatic nitrogens is 1. The first kappa shape index (κ1) is 20.9. The maximum Gasteiger partial charge on any atom is 0.325 e. The van der Waals surface area contributed by atoms with Crippen LogP contribution in [0.15, 0.2) is 46.3 Å². The monoisotopic (exact) mass is 432 g/mol. The van der Waals surface area contributed by atoms with Crippen LogP contribution in [0.3, 0.4) is 0 Å². The smallest absolute Gasteiger partial charge is 0.325 e. The Labute approximate surface area is 175 Å². The Morgan fingerprint density at radius 3 is 2.55 bits per heavy atom. The number of methoxy groups -OCH3 is 3. The molecule has 0 fully saturated rings. The van der Waals surface area contributed by atoms with Gasteiger partial charge in [-0.1, -0.05) is 11.3 Å². The number of hydrogen-bond donors (Lipinski definition) is 0. The van der Waals surface area contributed by atoms with Gasteiger partial charge in [-0.25, -0.2) is 0 Å². The Morgan fingerprint density at radius 1 is 1.10 bits per heavy atom. The molecule has 1 aromatic heterocycles. The van der Waals surface area contributed by atoms with E-state index < -0.39 is 11.9 Å². The first-order valence-electron chi connectivity index (χ1n) is 8.56. The van der Waals surface area contributed by atoms with Gasteiger partial charge in [-0.2, -0.15) is 4.99 Å². The van der Waals surface area contributed by atoms with Crippen LogP contribution in [0, 0.1) is 0 Å². The van der Waals surface area contributed by atoms with Gasteiger partial charge in [0.25, 0.3) is 5.91 Å². The number of nitrogens with zero attached hydrogens (tertiary/aromatic N) is 2. The van der Waals surface area contributed by atoms with Crippen LogP contribution in [-0.2, 0) is 16.1 Å². The summed E-state index contributed by atoms with van der Waals surface area (Å²) in [6.07, 6.45) is 1.99. The number of fused-ring (bicyclic) bond motifs is 1. The van der Waals surface area contributed by atoms with Gasteiger partial charge >= 0.3 is 5.97 Å². The third kappa shape index (κ3) is 4.46. The second-order valence-corrected chi connectivity index (χ2v) is 7.75. The highest BCUT2D eigenvalue weighted by atomic mass is 32.2. The molecule has 7 nitrogen and oxygen atoms in total. The van der Waals surface area contributed by atoms with Gasteiger partial charge in [0.15, 0.2) is 4.80 Å². The molecule has 0 spiro atoms. The largest absolute Gasteiger partial charge is 0.497 e. The Kier molecular flexibility index (Phi) is 6.60. The van der Waals surface area contributed by atoms with E-state index in [0.717, 1.165) is 15.1 Å². The summed E-state index contributed by atoms with van der Waals surface area (Å²) in [6, 6.07) is 10.8. The van der Waals surface area contributed by atoms with E-state index >= 15 is 0 Å². The standard InChI is InChI=1S/C20H20N2O5S2/c1-25-12-5-8-16(26-2)14(9-12)19(24)21-20-22(11-18(23)27-3)15-7-6-13(28-4)10-17(15)29-20/h5-10H,11H2,1-4H3. The van der Waals surface area contributed by atoms with Crippen molar-refractivity contribution in [3.63, 3.8) is 0 Å². The molecule has 0 unspecified atom stereocenters. The second-order valence-electron chi connectivity index (χ2n) is 5.86. The maximum atomic E-state index is 12.9. The predicted molar refractivity (Wildman–Crippen MR) is 113 cm³/mol. The van der Waals surface area contributed by atoms with Crippen molar-refractivity contribution < 1.29 is 23.8 Å². The van der Waals surface area contributed by atoms with Crippen molar-refractivity contribution in [1.82, 2.24) is 4.57 Å². The first-order chi connectivity index (χ1) is 14.0. The molecular formula is C20H20N2O5S2. The normalized spacial score (nSPS) is 11.5. The molecule has 0 N–H and O–H groups in total. The zero-order chi connectivity index (χ0) is 21.0. The van der Waals surface area contributed by atoms with Gasteiger partial charge in [0.05, 0.1) is 37.1 Å². The average molecular weight is 433 g/mol. The Bertz CT molecular complexity index is 1130. The fourth-order valence-corrected chi connectivity index (χ4v) is 4.32. The Balaban J connectivity index is 2.17. The lowest BCUT2D eigenvalue weighted by Crippen LogP contribution is -2.22. The molecule has 2 aromatic carbocycles. The molecule has 0 saturated carbocycles. The first-order valence-corrected chi connectivity index (χ1v) is 10.6. The summed E-state index contributed by atoms with van der Waals surface area (Å²) in [5.41, 5.74) is 1.08. The SMILES string of the molecule is COC(=O)Cn1c(=NC(=O)c2cc(OC)ccc2OC)sc2cc(SC)ccc21. The highest BCUT2D eigenvalue weighted by Crippen LogP contribution is 2.26. The summed E-state index contributed by atoms with van der Waals surface area (Å²) in [6.45, 7) is -0.0452. The molecule has 0 atom stereocenters. The van der Waals surface area contributed by atoms with Crippen LogP contribution in [-0.4, -0.2) is 44.0 Å². The average Bonchev–Trinajstić information content (AvgIpc) is 3.08. The van der Waals surface area contributed by atoms with Gasteiger partial charge in [-0.3, -0.25) is 9.59 Å². The summed E-state index contributed by atoms with van der Waals surface area (Å²) in [4.78, 5) is 30.6. The lowest BCUT2D eigenvalue weighted by Gasteiger charge is -2.07. The van der Waals surface area contributed by atoms with Crippen molar-refractivity contribution in [2.24, 2.45) is 4.99 Å². The number of amides is 1. The van der Waals surface area contributed by atoms with E-state index in [-0.39, 0.29) is 12.1 Å². The molecule has 0 saturated heterocycles.